The number of aliphatic hydroxyl groups is 5. The van der Waals surface area contributed by atoms with E-state index in [0.717, 1.165) is 6.92 Å². The molecule has 0 bridgehead atoms. The maximum absolute atomic E-state index is 11.3. The van der Waals surface area contributed by atoms with Crippen molar-refractivity contribution in [1.82, 2.24) is 5.32 Å². The Labute approximate surface area is 127 Å². The molecule has 0 saturated heterocycles. The van der Waals surface area contributed by atoms with Crippen LogP contribution in [0, 0.1) is 0 Å². The Morgan fingerprint density at radius 3 is 2.14 bits per heavy atom. The monoisotopic (exact) mass is 324 g/mol. The lowest BCUT2D eigenvalue weighted by molar-refractivity contribution is -0.155. The minimum absolute atomic E-state index is 0.811. The third kappa shape index (κ3) is 5.66. The highest BCUT2D eigenvalue weighted by atomic mass is 16.4. The van der Waals surface area contributed by atoms with Gasteiger partial charge in [-0.3, -0.25) is 9.59 Å². The second kappa shape index (κ2) is 8.15. The average Bonchev–Trinajstić information content (AvgIpc) is 2.49. The average molecular weight is 324 g/mol. The van der Waals surface area contributed by atoms with Gasteiger partial charge < -0.3 is 36.0 Å². The second-order valence-electron chi connectivity index (χ2n) is 4.92. The highest BCUT2D eigenvalue weighted by Gasteiger charge is 2.44. The van der Waals surface area contributed by atoms with Crippen LogP contribution in [-0.4, -0.2) is 84.9 Å². The van der Waals surface area contributed by atoms with Crippen LogP contribution < -0.4 is 5.32 Å². The molecule has 0 aromatic heterocycles. The third-order valence-corrected chi connectivity index (χ3v) is 2.92. The van der Waals surface area contributed by atoms with E-state index in [-0.39, 0.29) is 0 Å². The van der Waals surface area contributed by atoms with Crippen LogP contribution in [0.5, 0.6) is 0 Å². The van der Waals surface area contributed by atoms with E-state index in [2.05, 4.69) is 0 Å². The van der Waals surface area contributed by atoms with Crippen LogP contribution in [0.2, 0.25) is 0 Å². The van der Waals surface area contributed by atoms with Crippen molar-refractivity contribution in [3.8, 4) is 0 Å². The lowest BCUT2D eigenvalue weighted by Crippen LogP contribution is -2.62. The molecule has 0 aromatic carbocycles. The number of ketones is 1. The van der Waals surface area contributed by atoms with Crippen molar-refractivity contribution in [3.05, 3.63) is 0 Å². The first-order chi connectivity index (χ1) is 10.5. The van der Waals surface area contributed by atoms with Gasteiger partial charge in [0.05, 0.1) is 18.2 Å². The normalized spacial score (nSPS) is 20.0. The maximum Gasteiger partial charge on any atom is 0.372 e. The van der Waals surface area contributed by atoms with Crippen molar-refractivity contribution in [1.29, 1.82) is 0 Å². The molecule has 22 heavy (non-hydrogen) atoms. The van der Waals surface area contributed by atoms with Gasteiger partial charge in [-0.2, -0.15) is 0 Å². The van der Waals surface area contributed by atoms with Gasteiger partial charge in [-0.25, -0.2) is 4.79 Å². The largest absolute Gasteiger partial charge is 0.475 e. The van der Waals surface area contributed by atoms with Gasteiger partial charge >= 0.3 is 5.97 Å². The fourth-order valence-corrected chi connectivity index (χ4v) is 1.75. The van der Waals surface area contributed by atoms with Crippen molar-refractivity contribution >= 4 is 17.7 Å². The van der Waals surface area contributed by atoms with Crippen LogP contribution in [0.25, 0.3) is 0 Å². The topological polar surface area (TPSA) is 185 Å². The first-order valence-electron chi connectivity index (χ1n) is 6.90. The number of carbonyl (C=O) groups excluding carboxylic acids is 2. The highest BCUT2D eigenvalue weighted by Crippen LogP contribution is 2.21. The van der Waals surface area contributed by atoms with Crippen LogP contribution in [0.1, 0.15) is 21.6 Å². The molecule has 10 nitrogen and oxygen atoms in total. The molecule has 0 fully saturated rings. The Kier molecular flexibility index (Phi) is 6.84. The minimum Gasteiger partial charge on any atom is -0.475 e. The van der Waals surface area contributed by atoms with Crippen molar-refractivity contribution in [2.24, 2.45) is 0 Å². The summed E-state index contributed by atoms with van der Waals surface area (Å²) in [5, 5.41) is 58.7. The highest BCUT2D eigenvalue weighted by molar-refractivity contribution is 6.32. The lowest BCUT2D eigenvalue weighted by atomic mass is 9.84. The lowest BCUT2D eigenvalue weighted by Gasteiger charge is -2.38. The molecule has 128 valence electrons. The van der Waals surface area contributed by atoms with Crippen molar-refractivity contribution in [3.63, 3.8) is 0 Å². The standard InChI is InChI=1S/C12H21NO9/c1-5(15)13-10(9(19)8(18)7(17)4-14)12(2,22)3-6(16)11(20)21/h7-10,14,17-19,22H,3-4H2,1-2H3,(H,13,15)(H,20,21)/t7-,8-,9+,10+,12-/m1/s1/i2D. The van der Waals surface area contributed by atoms with Crippen LogP contribution in [0.15, 0.2) is 0 Å². The number of amides is 1. The predicted octanol–water partition coefficient (Wildman–Crippen LogP) is -3.64. The smallest absolute Gasteiger partial charge is 0.372 e. The first-order valence-corrected chi connectivity index (χ1v) is 6.20. The van der Waals surface area contributed by atoms with Gasteiger partial charge in [0.25, 0.3) is 0 Å². The van der Waals surface area contributed by atoms with E-state index in [1.54, 1.807) is 0 Å². The number of aliphatic carboxylic acids is 1. The van der Waals surface area contributed by atoms with Crippen LogP contribution >= 0.6 is 0 Å². The summed E-state index contributed by atoms with van der Waals surface area (Å²) in [4.78, 5) is 33.1. The molecular weight excluding hydrogens is 302 g/mol. The van der Waals surface area contributed by atoms with E-state index < -0.39 is 67.5 Å². The number of Topliss-reactive ketones (excluding diaryl/α,β-unsaturated/α-hetero) is 1. The second-order valence-corrected chi connectivity index (χ2v) is 4.92. The van der Waals surface area contributed by atoms with Gasteiger partial charge in [-0.1, -0.05) is 0 Å². The molecule has 0 unspecified atom stereocenters. The van der Waals surface area contributed by atoms with E-state index in [0.29, 0.717) is 0 Å². The molecule has 7 N–H and O–H groups in total. The van der Waals surface area contributed by atoms with E-state index >= 15 is 0 Å². The molecule has 0 radical (unpaired) electrons. The van der Waals surface area contributed by atoms with Crippen LogP contribution in [0.3, 0.4) is 0 Å². The Morgan fingerprint density at radius 1 is 1.23 bits per heavy atom. The third-order valence-electron chi connectivity index (χ3n) is 2.92. The molecule has 0 rings (SSSR count). The fourth-order valence-electron chi connectivity index (χ4n) is 1.75. The van der Waals surface area contributed by atoms with Crippen molar-refractivity contribution < 1.29 is 46.4 Å². The van der Waals surface area contributed by atoms with Crippen LogP contribution in [0.4, 0.5) is 0 Å². The molecule has 1 amide bonds. The zero-order chi connectivity index (χ0) is 18.4. The Morgan fingerprint density at radius 2 is 1.77 bits per heavy atom. The number of nitrogens with one attached hydrogen (secondary N) is 1. The number of carboxylic acids is 1. The summed E-state index contributed by atoms with van der Waals surface area (Å²) in [7, 11) is 0. The van der Waals surface area contributed by atoms with Gasteiger partial charge in [0.15, 0.2) is 0 Å². The minimum atomic E-state index is -2.52. The molecule has 0 spiro atoms. The summed E-state index contributed by atoms with van der Waals surface area (Å²) in [5.74, 6) is -4.17. The summed E-state index contributed by atoms with van der Waals surface area (Å²) in [6.45, 7) is -0.952. The summed E-state index contributed by atoms with van der Waals surface area (Å²) in [5.41, 5.74) is -2.52. The van der Waals surface area contributed by atoms with E-state index in [4.69, 9.17) is 11.6 Å². The summed E-state index contributed by atoms with van der Waals surface area (Å²) in [6, 6.07) is -1.84. The summed E-state index contributed by atoms with van der Waals surface area (Å²) >= 11 is 0. The Bertz CT molecular complexity index is 446. The van der Waals surface area contributed by atoms with Crippen molar-refractivity contribution in [2.75, 3.05) is 6.61 Å². The number of aliphatic hydroxyl groups excluding tert-OH is 4. The summed E-state index contributed by atoms with van der Waals surface area (Å²) in [6.07, 6.45) is -7.06. The molecule has 10 heteroatoms. The zero-order valence-electron chi connectivity index (χ0n) is 12.8. The maximum atomic E-state index is 11.3. The van der Waals surface area contributed by atoms with Gasteiger partial charge in [0.1, 0.15) is 18.3 Å². The van der Waals surface area contributed by atoms with Crippen molar-refractivity contribution in [2.45, 2.75) is 50.2 Å². The molecule has 0 aliphatic carbocycles. The summed E-state index contributed by atoms with van der Waals surface area (Å²) < 4.78 is 7.30. The van der Waals surface area contributed by atoms with Crippen LogP contribution in [-0.2, 0) is 14.4 Å². The zero-order valence-corrected chi connectivity index (χ0v) is 11.8. The SMILES string of the molecule is [2H]C[C@@](O)(CC(=O)C(=O)O)[C@@H](NC(C)=O)[C@@H](O)[C@H](O)[C@H](O)CO. The molecule has 0 aliphatic heterocycles. The Balaban J connectivity index is 5.59. The van der Waals surface area contributed by atoms with Gasteiger partial charge in [-0.15, -0.1) is 0 Å². The first kappa shape index (κ1) is 18.5. The number of hydrogen-bond donors (Lipinski definition) is 7. The molecule has 0 saturated carbocycles. The quantitative estimate of drug-likeness (QED) is 0.210. The molecule has 5 atom stereocenters. The molecular formula is C12H21NO9. The van der Waals surface area contributed by atoms with Gasteiger partial charge in [-0.05, 0) is 6.90 Å². The number of carbonyl (C=O) groups is 3. The molecule has 0 aliphatic rings. The van der Waals surface area contributed by atoms with Gasteiger partial charge in [0.2, 0.25) is 11.7 Å². The van der Waals surface area contributed by atoms with E-state index in [1.165, 1.54) is 0 Å². The van der Waals surface area contributed by atoms with E-state index in [9.17, 15) is 34.8 Å². The Hall–Kier alpha value is -1.59. The fraction of sp³-hybridized carbons (Fsp3) is 0.750. The van der Waals surface area contributed by atoms with E-state index in [1.807, 2.05) is 5.32 Å². The molecule has 0 heterocycles. The predicted molar refractivity (Wildman–Crippen MR) is 70.6 cm³/mol. The van der Waals surface area contributed by atoms with Gasteiger partial charge in [0, 0.05) is 14.7 Å². The number of hydrogen-bond acceptors (Lipinski definition) is 8. The molecule has 0 aromatic rings. The number of carboxylic acid groups (broad SMARTS) is 1. The number of rotatable bonds is 9.